The van der Waals surface area contributed by atoms with E-state index < -0.39 is 12.0 Å². The smallest absolute Gasteiger partial charge is 0.329 e. The first-order chi connectivity index (χ1) is 12.8. The number of hydrogen-bond acceptors (Lipinski definition) is 6. The van der Waals surface area contributed by atoms with E-state index in [0.717, 1.165) is 33.8 Å². The van der Waals surface area contributed by atoms with Gasteiger partial charge in [0.2, 0.25) is 5.91 Å². The molecule has 0 bridgehead atoms. The summed E-state index contributed by atoms with van der Waals surface area (Å²) in [5.74, 6) is -0.367. The van der Waals surface area contributed by atoms with Crippen molar-refractivity contribution in [3.63, 3.8) is 0 Å². The van der Waals surface area contributed by atoms with Crippen molar-refractivity contribution in [3.05, 3.63) is 42.0 Å². The largest absolute Gasteiger partial charge is 0.497 e. The molecule has 0 heterocycles. The predicted octanol–water partition coefficient (Wildman–Crippen LogP) is 2.89. The van der Waals surface area contributed by atoms with E-state index in [1.165, 1.54) is 14.0 Å². The molecule has 2 rings (SSSR count). The van der Waals surface area contributed by atoms with Crippen molar-refractivity contribution in [3.8, 4) is 5.75 Å². The molecule has 6 nitrogen and oxygen atoms in total. The van der Waals surface area contributed by atoms with Gasteiger partial charge in [-0.15, -0.1) is 0 Å². The third kappa shape index (κ3) is 5.47. The molecular weight excluding hydrogens is 366 g/mol. The highest BCUT2D eigenvalue weighted by molar-refractivity contribution is 8.13. The van der Waals surface area contributed by atoms with Crippen LogP contribution >= 0.6 is 11.8 Å². The van der Waals surface area contributed by atoms with Gasteiger partial charge in [-0.1, -0.05) is 43.0 Å². The first kappa shape index (κ1) is 20.8. The van der Waals surface area contributed by atoms with E-state index >= 15 is 0 Å². The summed E-state index contributed by atoms with van der Waals surface area (Å²) in [6.07, 6.45) is 0. The Morgan fingerprint density at radius 1 is 1.07 bits per heavy atom. The molecule has 0 saturated heterocycles. The van der Waals surface area contributed by atoms with Gasteiger partial charge in [-0.25, -0.2) is 4.79 Å². The van der Waals surface area contributed by atoms with Crippen molar-refractivity contribution >= 4 is 39.5 Å². The lowest BCUT2D eigenvalue weighted by atomic mass is 9.99. The van der Waals surface area contributed by atoms with Crippen LogP contribution in [0.4, 0.5) is 0 Å². The Hall–Kier alpha value is -2.54. The number of rotatable bonds is 7. The van der Waals surface area contributed by atoms with Crippen molar-refractivity contribution in [1.29, 1.82) is 0 Å². The van der Waals surface area contributed by atoms with Crippen LogP contribution in [-0.4, -0.2) is 43.0 Å². The van der Waals surface area contributed by atoms with Crippen LogP contribution in [0, 0.1) is 0 Å². The van der Waals surface area contributed by atoms with Gasteiger partial charge in [-0.05, 0) is 28.5 Å². The monoisotopic (exact) mass is 389 g/mol. The fourth-order valence-corrected chi connectivity index (χ4v) is 3.56. The second-order valence-corrected chi connectivity index (χ2v) is 7.12. The van der Waals surface area contributed by atoms with Crippen molar-refractivity contribution in [2.24, 2.45) is 0 Å². The third-order valence-electron chi connectivity index (χ3n) is 4.18. The zero-order valence-electron chi connectivity index (χ0n) is 15.8. The summed E-state index contributed by atoms with van der Waals surface area (Å²) < 4.78 is 9.89. The number of thioether (sulfide) groups is 1. The number of ether oxygens (including phenoxy) is 2. The van der Waals surface area contributed by atoms with Gasteiger partial charge >= 0.3 is 5.97 Å². The Labute approximate surface area is 162 Å². The first-order valence-corrected chi connectivity index (χ1v) is 9.43. The Kier molecular flexibility index (Phi) is 7.24. The second-order valence-electron chi connectivity index (χ2n) is 6.10. The minimum atomic E-state index is -0.849. The summed E-state index contributed by atoms with van der Waals surface area (Å²) in [5.41, 5.74) is 0.888. The fraction of sp³-hybridized carbons (Fsp3) is 0.350. The quantitative estimate of drug-likeness (QED) is 0.734. The highest BCUT2D eigenvalue weighted by Crippen LogP contribution is 2.28. The maximum atomic E-state index is 12.6. The van der Waals surface area contributed by atoms with E-state index in [1.807, 2.05) is 43.3 Å². The van der Waals surface area contributed by atoms with Crippen molar-refractivity contribution in [2.45, 2.75) is 25.8 Å². The number of methoxy groups -OCH3 is 2. The van der Waals surface area contributed by atoms with Crippen LogP contribution in [0.5, 0.6) is 5.75 Å². The lowest BCUT2D eigenvalue weighted by molar-refractivity contribution is -0.144. The summed E-state index contributed by atoms with van der Waals surface area (Å²) >= 11 is 1.01. The van der Waals surface area contributed by atoms with Gasteiger partial charge in [0.15, 0.2) is 5.12 Å². The molecule has 0 aliphatic rings. The average molecular weight is 389 g/mol. The van der Waals surface area contributed by atoms with Crippen LogP contribution in [-0.2, 0) is 19.1 Å². The molecule has 1 amide bonds. The number of benzene rings is 2. The normalized spacial score (nSPS) is 12.9. The summed E-state index contributed by atoms with van der Waals surface area (Å²) in [4.78, 5) is 35.5. The number of esters is 1. The highest BCUT2D eigenvalue weighted by atomic mass is 32.2. The van der Waals surface area contributed by atoms with Gasteiger partial charge in [0, 0.05) is 12.7 Å². The van der Waals surface area contributed by atoms with Crippen molar-refractivity contribution in [1.82, 2.24) is 5.32 Å². The molecule has 0 spiro atoms. The molecule has 0 saturated carbocycles. The van der Waals surface area contributed by atoms with Crippen LogP contribution in [0.3, 0.4) is 0 Å². The number of amides is 1. The number of hydrogen-bond donors (Lipinski definition) is 1. The minimum absolute atomic E-state index is 0.0814. The maximum absolute atomic E-state index is 12.6. The maximum Gasteiger partial charge on any atom is 0.329 e. The molecule has 0 fully saturated rings. The van der Waals surface area contributed by atoms with E-state index in [0.29, 0.717) is 0 Å². The molecule has 0 radical (unpaired) electrons. The van der Waals surface area contributed by atoms with E-state index in [4.69, 9.17) is 4.74 Å². The van der Waals surface area contributed by atoms with Gasteiger partial charge in [-0.3, -0.25) is 9.59 Å². The molecule has 2 atom stereocenters. The van der Waals surface area contributed by atoms with Gasteiger partial charge in [0.05, 0.1) is 20.1 Å². The van der Waals surface area contributed by atoms with E-state index in [9.17, 15) is 14.4 Å². The number of nitrogens with one attached hydrogen (secondary N) is 1. The topological polar surface area (TPSA) is 81.7 Å². The van der Waals surface area contributed by atoms with E-state index in [-0.39, 0.29) is 22.7 Å². The van der Waals surface area contributed by atoms with Gasteiger partial charge in [-0.2, -0.15) is 0 Å². The van der Waals surface area contributed by atoms with E-state index in [1.54, 1.807) is 7.11 Å². The third-order valence-corrected chi connectivity index (χ3v) is 5.32. The molecule has 2 unspecified atom stereocenters. The lowest BCUT2D eigenvalue weighted by Gasteiger charge is -2.16. The molecule has 0 aromatic heterocycles. The summed E-state index contributed by atoms with van der Waals surface area (Å²) in [7, 11) is 2.87. The molecule has 2 aromatic carbocycles. The van der Waals surface area contributed by atoms with Gasteiger partial charge in [0.25, 0.3) is 0 Å². The van der Waals surface area contributed by atoms with Crippen molar-refractivity contribution in [2.75, 3.05) is 20.0 Å². The fourth-order valence-electron chi connectivity index (χ4n) is 2.62. The van der Waals surface area contributed by atoms with Crippen LogP contribution in [0.2, 0.25) is 0 Å². The Bertz CT molecular complexity index is 851. The van der Waals surface area contributed by atoms with E-state index in [2.05, 4.69) is 10.1 Å². The second kappa shape index (κ2) is 9.41. The summed E-state index contributed by atoms with van der Waals surface area (Å²) in [5, 5.41) is 4.47. The molecular formula is C20H23NO5S. The zero-order valence-corrected chi connectivity index (χ0v) is 16.6. The van der Waals surface area contributed by atoms with Gasteiger partial charge in [0.1, 0.15) is 11.8 Å². The van der Waals surface area contributed by atoms with Crippen LogP contribution in [0.25, 0.3) is 10.8 Å². The van der Waals surface area contributed by atoms with Crippen LogP contribution < -0.4 is 10.1 Å². The Morgan fingerprint density at radius 2 is 1.74 bits per heavy atom. The average Bonchev–Trinajstić information content (AvgIpc) is 2.68. The molecule has 27 heavy (non-hydrogen) atoms. The number of fused-ring (bicyclic) bond motifs is 1. The Morgan fingerprint density at radius 3 is 2.37 bits per heavy atom. The molecule has 1 N–H and O–H groups in total. The first-order valence-electron chi connectivity index (χ1n) is 8.45. The van der Waals surface area contributed by atoms with Crippen LogP contribution in [0.15, 0.2) is 36.4 Å². The molecule has 0 aliphatic carbocycles. The van der Waals surface area contributed by atoms with Crippen molar-refractivity contribution < 1.29 is 23.9 Å². The Balaban J connectivity index is 2.08. The standard InChI is InChI=1S/C20H23NO5S/c1-12(20(24)27-11-18(19(23)26-4)21-13(2)22)14-5-6-16-10-17(25-3)8-7-15(16)9-14/h5-10,12,18H,11H2,1-4H3,(H,21,22). The zero-order chi connectivity index (χ0) is 20.0. The number of carbonyl (C=O) groups excluding carboxylic acids is 3. The molecule has 144 valence electrons. The lowest BCUT2D eigenvalue weighted by Crippen LogP contribution is -2.42. The highest BCUT2D eigenvalue weighted by Gasteiger charge is 2.24. The minimum Gasteiger partial charge on any atom is -0.497 e. The molecule has 7 heteroatoms. The number of carbonyl (C=O) groups is 3. The SMILES string of the molecule is COC(=O)C(CSC(=O)C(C)c1ccc2cc(OC)ccc2c1)NC(C)=O. The van der Waals surface area contributed by atoms with Gasteiger partial charge < -0.3 is 14.8 Å². The summed E-state index contributed by atoms with van der Waals surface area (Å²) in [6, 6.07) is 10.8. The molecule has 2 aromatic rings. The van der Waals surface area contributed by atoms with Crippen LogP contribution in [0.1, 0.15) is 25.3 Å². The molecule has 0 aliphatic heterocycles. The predicted molar refractivity (Wildman–Crippen MR) is 106 cm³/mol. The summed E-state index contributed by atoms with van der Waals surface area (Å²) in [6.45, 7) is 3.14.